The molecule has 0 aromatic carbocycles. The SMILES string of the molecule is C=CCC1=C(O)C(=O)N2CCCC12. The average Bonchev–Trinajstić information content (AvgIpc) is 2.66. The first-order valence-corrected chi connectivity index (χ1v) is 4.59. The summed E-state index contributed by atoms with van der Waals surface area (Å²) in [5.74, 6) is -0.232. The lowest BCUT2D eigenvalue weighted by Crippen LogP contribution is -2.29. The summed E-state index contributed by atoms with van der Waals surface area (Å²) in [6.07, 6.45) is 4.39. The Morgan fingerprint density at radius 3 is 3.15 bits per heavy atom. The summed E-state index contributed by atoms with van der Waals surface area (Å²) in [6, 6.07) is 0.158. The molecule has 0 aromatic heterocycles. The first-order valence-electron chi connectivity index (χ1n) is 4.59. The fourth-order valence-corrected chi connectivity index (χ4v) is 2.19. The lowest BCUT2D eigenvalue weighted by Gasteiger charge is -2.16. The Hall–Kier alpha value is -1.25. The van der Waals surface area contributed by atoms with Gasteiger partial charge in [-0.05, 0) is 19.3 Å². The summed E-state index contributed by atoms with van der Waals surface area (Å²) in [4.78, 5) is 13.2. The Kier molecular flexibility index (Phi) is 1.87. The van der Waals surface area contributed by atoms with Crippen LogP contribution < -0.4 is 0 Å². The molecule has 0 spiro atoms. The molecule has 1 fully saturated rings. The number of carbonyl (C=O) groups excluding carboxylic acids is 1. The van der Waals surface area contributed by atoms with E-state index in [-0.39, 0.29) is 17.7 Å². The second-order valence-electron chi connectivity index (χ2n) is 3.52. The highest BCUT2D eigenvalue weighted by Gasteiger charge is 2.41. The molecule has 2 heterocycles. The predicted octanol–water partition coefficient (Wildman–Crippen LogP) is 1.38. The van der Waals surface area contributed by atoms with Crippen molar-refractivity contribution in [3.8, 4) is 0 Å². The zero-order valence-corrected chi connectivity index (χ0v) is 7.49. The van der Waals surface area contributed by atoms with Gasteiger partial charge in [-0.2, -0.15) is 0 Å². The molecular weight excluding hydrogens is 166 g/mol. The van der Waals surface area contributed by atoms with E-state index in [4.69, 9.17) is 0 Å². The molecule has 0 radical (unpaired) electrons. The maximum atomic E-state index is 11.5. The molecule has 0 aromatic rings. The number of hydrogen-bond acceptors (Lipinski definition) is 2. The van der Waals surface area contributed by atoms with Crippen LogP contribution >= 0.6 is 0 Å². The Morgan fingerprint density at radius 2 is 2.46 bits per heavy atom. The maximum absolute atomic E-state index is 11.5. The standard InChI is InChI=1S/C10H13NO2/c1-2-4-7-8-5-3-6-11(8)10(13)9(7)12/h2,8,12H,1,3-6H2. The average molecular weight is 179 g/mol. The second-order valence-corrected chi connectivity index (χ2v) is 3.52. The molecule has 1 saturated heterocycles. The van der Waals surface area contributed by atoms with Gasteiger partial charge >= 0.3 is 0 Å². The van der Waals surface area contributed by atoms with Crippen molar-refractivity contribution in [1.82, 2.24) is 4.90 Å². The van der Waals surface area contributed by atoms with Crippen LogP contribution in [0.1, 0.15) is 19.3 Å². The van der Waals surface area contributed by atoms with E-state index >= 15 is 0 Å². The van der Waals surface area contributed by atoms with Crippen LogP contribution in [0.4, 0.5) is 0 Å². The normalized spacial score (nSPS) is 26.9. The maximum Gasteiger partial charge on any atom is 0.289 e. The molecule has 0 aliphatic carbocycles. The minimum atomic E-state index is -0.195. The van der Waals surface area contributed by atoms with Crippen LogP contribution in [-0.2, 0) is 4.79 Å². The van der Waals surface area contributed by atoms with E-state index in [1.54, 1.807) is 11.0 Å². The molecule has 1 atom stereocenters. The molecule has 2 rings (SSSR count). The van der Waals surface area contributed by atoms with Crippen molar-refractivity contribution in [3.05, 3.63) is 24.0 Å². The highest BCUT2D eigenvalue weighted by atomic mass is 16.3. The van der Waals surface area contributed by atoms with Crippen LogP contribution in [0.25, 0.3) is 0 Å². The Labute approximate surface area is 77.3 Å². The van der Waals surface area contributed by atoms with E-state index in [0.29, 0.717) is 6.42 Å². The molecule has 13 heavy (non-hydrogen) atoms. The van der Waals surface area contributed by atoms with Crippen molar-refractivity contribution in [2.75, 3.05) is 6.54 Å². The van der Waals surface area contributed by atoms with Gasteiger partial charge in [0.25, 0.3) is 5.91 Å². The number of allylic oxidation sites excluding steroid dienone is 1. The zero-order chi connectivity index (χ0) is 9.42. The van der Waals surface area contributed by atoms with Gasteiger partial charge in [0.2, 0.25) is 0 Å². The van der Waals surface area contributed by atoms with Gasteiger partial charge in [0.05, 0.1) is 6.04 Å². The van der Waals surface area contributed by atoms with Gasteiger partial charge in [-0.3, -0.25) is 4.79 Å². The smallest absolute Gasteiger partial charge is 0.289 e. The molecule has 1 N–H and O–H groups in total. The highest BCUT2D eigenvalue weighted by Crippen LogP contribution is 2.34. The van der Waals surface area contributed by atoms with Gasteiger partial charge in [-0.1, -0.05) is 6.08 Å². The van der Waals surface area contributed by atoms with E-state index in [0.717, 1.165) is 25.0 Å². The van der Waals surface area contributed by atoms with Crippen molar-refractivity contribution in [3.63, 3.8) is 0 Å². The summed E-state index contributed by atoms with van der Waals surface area (Å²) in [6.45, 7) is 4.41. The van der Waals surface area contributed by atoms with Crippen molar-refractivity contribution in [2.45, 2.75) is 25.3 Å². The zero-order valence-electron chi connectivity index (χ0n) is 7.49. The number of hydrogen-bond donors (Lipinski definition) is 1. The Morgan fingerprint density at radius 1 is 1.69 bits per heavy atom. The highest BCUT2D eigenvalue weighted by molar-refractivity contribution is 5.95. The van der Waals surface area contributed by atoms with Crippen LogP contribution in [0.15, 0.2) is 24.0 Å². The van der Waals surface area contributed by atoms with Crippen molar-refractivity contribution in [1.29, 1.82) is 0 Å². The number of nitrogens with zero attached hydrogens (tertiary/aromatic N) is 1. The molecule has 70 valence electrons. The van der Waals surface area contributed by atoms with Crippen LogP contribution in [0.2, 0.25) is 0 Å². The van der Waals surface area contributed by atoms with Gasteiger partial charge in [0.1, 0.15) is 0 Å². The molecular formula is C10H13NO2. The largest absolute Gasteiger partial charge is 0.503 e. The molecule has 2 aliphatic rings. The lowest BCUT2D eigenvalue weighted by atomic mass is 10.0. The number of fused-ring (bicyclic) bond motifs is 1. The topological polar surface area (TPSA) is 40.5 Å². The third-order valence-corrected chi connectivity index (χ3v) is 2.79. The minimum absolute atomic E-state index is 0.0374. The first-order chi connectivity index (χ1) is 6.25. The van der Waals surface area contributed by atoms with Crippen LogP contribution in [0.5, 0.6) is 0 Å². The lowest BCUT2D eigenvalue weighted by molar-refractivity contribution is -0.128. The molecule has 1 amide bonds. The van der Waals surface area contributed by atoms with Crippen molar-refractivity contribution < 1.29 is 9.90 Å². The quantitative estimate of drug-likeness (QED) is 0.650. The van der Waals surface area contributed by atoms with Crippen LogP contribution in [0.3, 0.4) is 0 Å². The fourth-order valence-electron chi connectivity index (χ4n) is 2.19. The molecule has 3 nitrogen and oxygen atoms in total. The van der Waals surface area contributed by atoms with Crippen molar-refractivity contribution in [2.24, 2.45) is 0 Å². The summed E-state index contributed by atoms with van der Waals surface area (Å²) in [5, 5.41) is 9.54. The summed E-state index contributed by atoms with van der Waals surface area (Å²) in [7, 11) is 0. The summed E-state index contributed by atoms with van der Waals surface area (Å²) in [5.41, 5.74) is 0.859. The Bertz CT molecular complexity index is 293. The van der Waals surface area contributed by atoms with E-state index in [2.05, 4.69) is 6.58 Å². The molecule has 2 aliphatic heterocycles. The summed E-state index contributed by atoms with van der Waals surface area (Å²) < 4.78 is 0. The third-order valence-electron chi connectivity index (χ3n) is 2.79. The number of carbonyl (C=O) groups is 1. The Balaban J connectivity index is 2.31. The van der Waals surface area contributed by atoms with Crippen molar-refractivity contribution >= 4 is 5.91 Å². The van der Waals surface area contributed by atoms with Gasteiger partial charge in [-0.15, -0.1) is 6.58 Å². The molecule has 0 bridgehead atoms. The number of aliphatic hydroxyl groups excluding tert-OH is 1. The van der Waals surface area contributed by atoms with E-state index in [1.165, 1.54) is 0 Å². The number of aliphatic hydroxyl groups is 1. The second kappa shape index (κ2) is 2.91. The van der Waals surface area contributed by atoms with Crippen LogP contribution in [0, 0.1) is 0 Å². The van der Waals surface area contributed by atoms with Gasteiger partial charge < -0.3 is 10.0 Å². The first kappa shape index (κ1) is 8.35. The van der Waals surface area contributed by atoms with Gasteiger partial charge in [-0.25, -0.2) is 0 Å². The van der Waals surface area contributed by atoms with Gasteiger partial charge in [0, 0.05) is 12.1 Å². The molecule has 0 saturated carbocycles. The molecule has 1 unspecified atom stereocenters. The monoisotopic (exact) mass is 179 g/mol. The van der Waals surface area contributed by atoms with E-state index in [1.807, 2.05) is 0 Å². The predicted molar refractivity (Wildman–Crippen MR) is 49.2 cm³/mol. The fraction of sp³-hybridized carbons (Fsp3) is 0.500. The van der Waals surface area contributed by atoms with E-state index < -0.39 is 0 Å². The number of rotatable bonds is 2. The van der Waals surface area contributed by atoms with E-state index in [9.17, 15) is 9.90 Å². The van der Waals surface area contributed by atoms with Crippen LogP contribution in [-0.4, -0.2) is 28.5 Å². The minimum Gasteiger partial charge on any atom is -0.503 e. The molecule has 3 heteroatoms. The third kappa shape index (κ3) is 1.07. The summed E-state index contributed by atoms with van der Waals surface area (Å²) >= 11 is 0. The van der Waals surface area contributed by atoms with Gasteiger partial charge in [0.15, 0.2) is 5.76 Å². The number of amides is 1.